The Bertz CT molecular complexity index is 981. The van der Waals surface area contributed by atoms with Crippen molar-refractivity contribution in [3.63, 3.8) is 0 Å². The van der Waals surface area contributed by atoms with Crippen molar-refractivity contribution in [3.8, 4) is 0 Å². The van der Waals surface area contributed by atoms with Crippen molar-refractivity contribution >= 4 is 45.1 Å². The largest absolute Gasteiger partial charge is 0.451 e. The molecule has 0 aliphatic heterocycles. The molecule has 2 aromatic heterocycles. The first-order chi connectivity index (χ1) is 12.6. The second-order valence-corrected chi connectivity index (χ2v) is 8.01. The normalized spacial score (nSPS) is 11.0. The quantitative estimate of drug-likeness (QED) is 0.367. The summed E-state index contributed by atoms with van der Waals surface area (Å²) in [5.41, 5.74) is 1.21. The van der Waals surface area contributed by atoms with Gasteiger partial charge in [0.25, 0.3) is 5.91 Å². The number of nitrogens with zero attached hydrogens (tertiary/aromatic N) is 2. The van der Waals surface area contributed by atoms with Gasteiger partial charge >= 0.3 is 0 Å². The van der Waals surface area contributed by atoms with Crippen molar-refractivity contribution in [1.82, 2.24) is 10.2 Å². The van der Waals surface area contributed by atoms with E-state index in [2.05, 4.69) is 22.4 Å². The number of anilines is 1. The maximum atomic E-state index is 12.4. The van der Waals surface area contributed by atoms with Gasteiger partial charge < -0.3 is 4.42 Å². The summed E-state index contributed by atoms with van der Waals surface area (Å²) in [6, 6.07) is 6.62. The molecule has 2 heterocycles. The summed E-state index contributed by atoms with van der Waals surface area (Å²) in [6.45, 7) is 4.15. The highest BCUT2D eigenvalue weighted by molar-refractivity contribution is 8.01. The van der Waals surface area contributed by atoms with Crippen molar-refractivity contribution in [3.05, 3.63) is 45.8 Å². The molecule has 0 aliphatic rings. The zero-order valence-electron chi connectivity index (χ0n) is 14.6. The van der Waals surface area contributed by atoms with Gasteiger partial charge in [0, 0.05) is 11.8 Å². The lowest BCUT2D eigenvalue weighted by Crippen LogP contribution is -2.15. The molecule has 0 bridgehead atoms. The van der Waals surface area contributed by atoms with E-state index >= 15 is 0 Å². The van der Waals surface area contributed by atoms with Crippen molar-refractivity contribution in [1.29, 1.82) is 0 Å². The second kappa shape index (κ2) is 8.46. The van der Waals surface area contributed by atoms with Crippen LogP contribution in [0.1, 0.15) is 42.8 Å². The van der Waals surface area contributed by atoms with E-state index < -0.39 is 5.91 Å². The van der Waals surface area contributed by atoms with E-state index in [-0.39, 0.29) is 11.2 Å². The molecular weight excluding hydrogens is 370 g/mol. The molecule has 0 unspecified atom stereocenters. The summed E-state index contributed by atoms with van der Waals surface area (Å²) >= 11 is 2.92. The fourth-order valence-corrected chi connectivity index (χ4v) is 4.22. The molecule has 26 heavy (non-hydrogen) atoms. The van der Waals surface area contributed by atoms with Crippen molar-refractivity contribution in [2.45, 2.75) is 37.4 Å². The van der Waals surface area contributed by atoms with Crippen LogP contribution < -0.4 is 10.7 Å². The minimum Gasteiger partial charge on any atom is -0.451 e. The number of thioether (sulfide) groups is 1. The van der Waals surface area contributed by atoms with E-state index in [1.54, 1.807) is 23.9 Å². The molecular formula is C18H19N3O3S2. The molecule has 6 nitrogen and oxygen atoms in total. The van der Waals surface area contributed by atoms with Crippen LogP contribution in [0.4, 0.5) is 5.13 Å². The van der Waals surface area contributed by atoms with Crippen LogP contribution in [0.3, 0.4) is 0 Å². The number of fused-ring (bicyclic) bond motifs is 1. The Morgan fingerprint density at radius 3 is 2.88 bits per heavy atom. The van der Waals surface area contributed by atoms with Crippen molar-refractivity contribution in [2.75, 3.05) is 11.1 Å². The molecule has 8 heteroatoms. The number of aryl methyl sites for hydroxylation is 1. The Kier molecular flexibility index (Phi) is 6.05. The molecule has 0 fully saturated rings. The van der Waals surface area contributed by atoms with Crippen molar-refractivity contribution in [2.24, 2.45) is 0 Å². The highest BCUT2D eigenvalue weighted by atomic mass is 32.2. The first-order valence-electron chi connectivity index (χ1n) is 8.45. The molecule has 0 atom stereocenters. The molecule has 136 valence electrons. The standard InChI is InChI=1S/C18H19N3O3S2/c1-3-5-8-25-18-21-20-17(26-18)19-16(23)15-10-13(22)12-9-11(4-2)6-7-14(12)24-15/h6-7,9-10H,3-5,8H2,1-2H3,(H,19,20,23). The van der Waals surface area contributed by atoms with Gasteiger partial charge in [0.2, 0.25) is 5.13 Å². The second-order valence-electron chi connectivity index (χ2n) is 5.69. The lowest BCUT2D eigenvalue weighted by molar-refractivity contribution is 0.0997. The van der Waals surface area contributed by atoms with Gasteiger partial charge in [0.1, 0.15) is 5.58 Å². The number of nitrogens with one attached hydrogen (secondary N) is 1. The van der Waals surface area contributed by atoms with Crippen LogP contribution in [0.15, 0.2) is 37.8 Å². The van der Waals surface area contributed by atoms with E-state index in [9.17, 15) is 9.59 Å². The number of unbranched alkanes of at least 4 members (excludes halogenated alkanes) is 1. The van der Waals surface area contributed by atoms with Crippen LogP contribution >= 0.6 is 23.1 Å². The number of hydrogen-bond donors (Lipinski definition) is 1. The molecule has 0 radical (unpaired) electrons. The molecule has 0 spiro atoms. The van der Waals surface area contributed by atoms with Gasteiger partial charge in [0.15, 0.2) is 15.5 Å². The molecule has 1 aromatic carbocycles. The summed E-state index contributed by atoms with van der Waals surface area (Å²) in [5.74, 6) is 0.422. The van der Waals surface area contributed by atoms with Gasteiger partial charge in [-0.3, -0.25) is 14.9 Å². The molecule has 3 aromatic rings. The van der Waals surface area contributed by atoms with Crippen LogP contribution in [0.25, 0.3) is 11.0 Å². The molecule has 0 saturated carbocycles. The van der Waals surface area contributed by atoms with E-state index in [4.69, 9.17) is 4.42 Å². The third-order valence-electron chi connectivity index (χ3n) is 3.77. The summed E-state index contributed by atoms with van der Waals surface area (Å²) in [6.07, 6.45) is 3.05. The zero-order valence-corrected chi connectivity index (χ0v) is 16.2. The number of aromatic nitrogens is 2. The van der Waals surface area contributed by atoms with E-state index in [1.807, 2.05) is 13.0 Å². The number of hydrogen-bond acceptors (Lipinski definition) is 7. The summed E-state index contributed by atoms with van der Waals surface area (Å²) < 4.78 is 6.41. The Hall–Kier alpha value is -2.19. The molecule has 0 saturated heterocycles. The molecule has 0 aliphatic carbocycles. The van der Waals surface area contributed by atoms with Crippen LogP contribution in [0, 0.1) is 0 Å². The third kappa shape index (κ3) is 4.31. The highest BCUT2D eigenvalue weighted by Gasteiger charge is 2.15. The van der Waals surface area contributed by atoms with Gasteiger partial charge in [-0.2, -0.15) is 0 Å². The van der Waals surface area contributed by atoms with Crippen LogP contribution in [0.5, 0.6) is 0 Å². The Morgan fingerprint density at radius 2 is 2.12 bits per heavy atom. The van der Waals surface area contributed by atoms with Crippen LogP contribution in [-0.4, -0.2) is 21.9 Å². The number of carbonyl (C=O) groups excluding carboxylic acids is 1. The van der Waals surface area contributed by atoms with E-state index in [1.165, 1.54) is 17.4 Å². The van der Waals surface area contributed by atoms with Crippen LogP contribution in [0.2, 0.25) is 0 Å². The molecule has 3 rings (SSSR count). The topological polar surface area (TPSA) is 85.1 Å². The number of rotatable bonds is 7. The Morgan fingerprint density at radius 1 is 1.27 bits per heavy atom. The van der Waals surface area contributed by atoms with Gasteiger partial charge in [-0.25, -0.2) is 0 Å². The lowest BCUT2D eigenvalue weighted by Gasteiger charge is -2.04. The average molecular weight is 390 g/mol. The third-order valence-corrected chi connectivity index (χ3v) is 5.83. The zero-order chi connectivity index (χ0) is 18.5. The van der Waals surface area contributed by atoms with Gasteiger partial charge in [0.05, 0.1) is 5.39 Å². The summed E-state index contributed by atoms with van der Waals surface area (Å²) in [7, 11) is 0. The van der Waals surface area contributed by atoms with Gasteiger partial charge in [-0.1, -0.05) is 49.4 Å². The SMILES string of the molecule is CCCCSc1nnc(NC(=O)c2cc(=O)c3cc(CC)ccc3o2)s1. The van der Waals surface area contributed by atoms with E-state index in [0.717, 1.165) is 34.9 Å². The highest BCUT2D eigenvalue weighted by Crippen LogP contribution is 2.26. The maximum absolute atomic E-state index is 12.4. The average Bonchev–Trinajstić information content (AvgIpc) is 3.08. The van der Waals surface area contributed by atoms with Gasteiger partial charge in [-0.05, 0) is 30.5 Å². The van der Waals surface area contributed by atoms with E-state index in [0.29, 0.717) is 16.1 Å². The summed E-state index contributed by atoms with van der Waals surface area (Å²) in [4.78, 5) is 24.7. The number of carbonyl (C=O) groups is 1. The first kappa shape index (κ1) is 18.6. The summed E-state index contributed by atoms with van der Waals surface area (Å²) in [5, 5.41) is 11.5. The Labute approximate surface area is 159 Å². The monoisotopic (exact) mass is 389 g/mol. The molecule has 1 N–H and O–H groups in total. The minimum absolute atomic E-state index is 0.0397. The van der Waals surface area contributed by atoms with Crippen LogP contribution in [-0.2, 0) is 6.42 Å². The van der Waals surface area contributed by atoms with Gasteiger partial charge in [-0.15, -0.1) is 10.2 Å². The maximum Gasteiger partial charge on any atom is 0.293 e. The smallest absolute Gasteiger partial charge is 0.293 e. The minimum atomic E-state index is -0.509. The first-order valence-corrected chi connectivity index (χ1v) is 10.3. The van der Waals surface area contributed by atoms with Crippen molar-refractivity contribution < 1.29 is 9.21 Å². The molecule has 1 amide bonds. The number of amides is 1. The fourth-order valence-electron chi connectivity index (χ4n) is 2.32. The predicted molar refractivity (Wildman–Crippen MR) is 105 cm³/mol. The predicted octanol–water partition coefficient (Wildman–Crippen LogP) is 4.35. The fraction of sp³-hybridized carbons (Fsp3) is 0.333. The number of benzene rings is 1. The Balaban J connectivity index is 1.76. The lowest BCUT2D eigenvalue weighted by atomic mass is 10.1.